The van der Waals surface area contributed by atoms with E-state index in [9.17, 15) is 0 Å². The Hall–Kier alpha value is -2.21. The standard InChI is InChI=1S/C15H19N5O/c1-9-15(10(2)17-16-9)11(3)20(4)8-12-5-6-13-14(7-12)19-21-18-13/h5-7,11H,8H2,1-4H3,(H,16,17)/t11-/m0/s1. The Morgan fingerprint density at radius 1 is 1.24 bits per heavy atom. The van der Waals surface area contributed by atoms with E-state index in [0.717, 1.165) is 29.0 Å². The lowest BCUT2D eigenvalue weighted by molar-refractivity contribution is 0.252. The molecule has 0 saturated heterocycles. The van der Waals surface area contributed by atoms with Crippen LogP contribution in [0.2, 0.25) is 0 Å². The molecule has 2 heterocycles. The van der Waals surface area contributed by atoms with Crippen LogP contribution in [0.25, 0.3) is 11.0 Å². The number of aromatic nitrogens is 4. The molecule has 0 radical (unpaired) electrons. The summed E-state index contributed by atoms with van der Waals surface area (Å²) in [6.45, 7) is 7.12. The number of nitrogens with zero attached hydrogens (tertiary/aromatic N) is 4. The monoisotopic (exact) mass is 285 g/mol. The number of benzene rings is 1. The van der Waals surface area contributed by atoms with E-state index >= 15 is 0 Å². The molecule has 1 aromatic carbocycles. The van der Waals surface area contributed by atoms with Crippen LogP contribution >= 0.6 is 0 Å². The van der Waals surface area contributed by atoms with Crippen LogP contribution in [0, 0.1) is 13.8 Å². The van der Waals surface area contributed by atoms with E-state index in [4.69, 9.17) is 4.63 Å². The zero-order valence-corrected chi connectivity index (χ0v) is 12.7. The SMILES string of the molecule is Cc1n[nH]c(C)c1[C@H](C)N(C)Cc1ccc2nonc2c1. The fourth-order valence-electron chi connectivity index (χ4n) is 2.75. The van der Waals surface area contributed by atoms with Crippen LogP contribution in [0.3, 0.4) is 0 Å². The average molecular weight is 285 g/mol. The second kappa shape index (κ2) is 5.29. The van der Waals surface area contributed by atoms with Crippen LogP contribution in [0.15, 0.2) is 22.8 Å². The molecule has 1 atom stereocenters. The van der Waals surface area contributed by atoms with Crippen molar-refractivity contribution >= 4 is 11.0 Å². The Morgan fingerprint density at radius 3 is 2.71 bits per heavy atom. The highest BCUT2D eigenvalue weighted by molar-refractivity contribution is 5.73. The fraction of sp³-hybridized carbons (Fsp3) is 0.400. The molecule has 0 bridgehead atoms. The third kappa shape index (κ3) is 2.54. The first-order chi connectivity index (χ1) is 10.1. The summed E-state index contributed by atoms with van der Waals surface area (Å²) in [6.07, 6.45) is 0. The van der Waals surface area contributed by atoms with Crippen molar-refractivity contribution in [1.29, 1.82) is 0 Å². The van der Waals surface area contributed by atoms with Crippen molar-refractivity contribution in [2.45, 2.75) is 33.4 Å². The largest absolute Gasteiger partial charge is 0.295 e. The summed E-state index contributed by atoms with van der Waals surface area (Å²) >= 11 is 0. The minimum absolute atomic E-state index is 0.287. The van der Waals surface area contributed by atoms with Gasteiger partial charge in [-0.2, -0.15) is 5.10 Å². The van der Waals surface area contributed by atoms with Crippen molar-refractivity contribution in [3.05, 3.63) is 40.7 Å². The van der Waals surface area contributed by atoms with Gasteiger partial charge in [-0.25, -0.2) is 4.63 Å². The molecular weight excluding hydrogens is 266 g/mol. The fourth-order valence-corrected chi connectivity index (χ4v) is 2.75. The molecular formula is C15H19N5O. The molecule has 0 saturated carbocycles. The van der Waals surface area contributed by atoms with Crippen molar-refractivity contribution in [3.8, 4) is 0 Å². The number of rotatable bonds is 4. The smallest absolute Gasteiger partial charge is 0.135 e. The molecule has 6 heteroatoms. The van der Waals surface area contributed by atoms with Gasteiger partial charge in [0.25, 0.3) is 0 Å². The molecule has 6 nitrogen and oxygen atoms in total. The second-order valence-corrected chi connectivity index (χ2v) is 5.53. The van der Waals surface area contributed by atoms with Gasteiger partial charge in [-0.15, -0.1) is 0 Å². The van der Waals surface area contributed by atoms with Crippen LogP contribution in [-0.4, -0.2) is 32.5 Å². The Bertz CT molecular complexity index is 741. The first kappa shape index (κ1) is 13.8. The number of aromatic amines is 1. The number of nitrogens with one attached hydrogen (secondary N) is 1. The van der Waals surface area contributed by atoms with Gasteiger partial charge in [-0.3, -0.25) is 10.00 Å². The van der Waals surface area contributed by atoms with Crippen LogP contribution in [-0.2, 0) is 6.54 Å². The van der Waals surface area contributed by atoms with Crippen molar-refractivity contribution in [1.82, 2.24) is 25.4 Å². The molecule has 3 aromatic rings. The van der Waals surface area contributed by atoms with Gasteiger partial charge in [0, 0.05) is 23.8 Å². The highest BCUT2D eigenvalue weighted by Gasteiger charge is 2.18. The van der Waals surface area contributed by atoms with E-state index in [1.807, 2.05) is 19.1 Å². The molecule has 1 N–H and O–H groups in total. The van der Waals surface area contributed by atoms with E-state index < -0.39 is 0 Å². The summed E-state index contributed by atoms with van der Waals surface area (Å²) in [5.41, 5.74) is 6.22. The maximum Gasteiger partial charge on any atom is 0.135 e. The summed E-state index contributed by atoms with van der Waals surface area (Å²) in [5.74, 6) is 0. The molecule has 110 valence electrons. The molecule has 0 aliphatic carbocycles. The van der Waals surface area contributed by atoms with Gasteiger partial charge in [-0.05, 0) is 55.8 Å². The maximum atomic E-state index is 4.74. The number of H-pyrrole nitrogens is 1. The van der Waals surface area contributed by atoms with E-state index in [2.05, 4.69) is 52.4 Å². The average Bonchev–Trinajstić information content (AvgIpc) is 3.04. The molecule has 0 aliphatic heterocycles. The predicted molar refractivity (Wildman–Crippen MR) is 79.7 cm³/mol. The Labute approximate surface area is 123 Å². The third-order valence-corrected chi connectivity index (χ3v) is 4.01. The molecule has 2 aromatic heterocycles. The number of hydrogen-bond donors (Lipinski definition) is 1. The summed E-state index contributed by atoms with van der Waals surface area (Å²) in [7, 11) is 2.11. The lowest BCUT2D eigenvalue weighted by Crippen LogP contribution is -2.22. The van der Waals surface area contributed by atoms with Gasteiger partial charge in [0.1, 0.15) is 11.0 Å². The summed E-state index contributed by atoms with van der Waals surface area (Å²) in [6, 6.07) is 6.30. The molecule has 0 spiro atoms. The van der Waals surface area contributed by atoms with E-state index in [1.54, 1.807) is 0 Å². The van der Waals surface area contributed by atoms with E-state index in [0.29, 0.717) is 0 Å². The molecule has 21 heavy (non-hydrogen) atoms. The van der Waals surface area contributed by atoms with Gasteiger partial charge >= 0.3 is 0 Å². The Morgan fingerprint density at radius 2 is 2.00 bits per heavy atom. The maximum absolute atomic E-state index is 4.74. The quantitative estimate of drug-likeness (QED) is 0.798. The molecule has 0 amide bonds. The Balaban J connectivity index is 1.80. The van der Waals surface area contributed by atoms with Gasteiger partial charge in [0.15, 0.2) is 0 Å². The van der Waals surface area contributed by atoms with Crippen molar-refractivity contribution < 1.29 is 4.63 Å². The number of hydrogen-bond acceptors (Lipinski definition) is 5. The number of aryl methyl sites for hydroxylation is 2. The van der Waals surface area contributed by atoms with Gasteiger partial charge in [-0.1, -0.05) is 6.07 Å². The highest BCUT2D eigenvalue weighted by atomic mass is 16.6. The molecule has 3 rings (SSSR count). The normalized spacial score (nSPS) is 13.2. The molecule has 0 aliphatic rings. The third-order valence-electron chi connectivity index (χ3n) is 4.01. The molecule has 0 fully saturated rings. The summed E-state index contributed by atoms with van der Waals surface area (Å²) in [5, 5.41) is 15.0. The van der Waals surface area contributed by atoms with Crippen LogP contribution in [0.5, 0.6) is 0 Å². The van der Waals surface area contributed by atoms with Crippen LogP contribution < -0.4 is 0 Å². The highest BCUT2D eigenvalue weighted by Crippen LogP contribution is 2.25. The lowest BCUT2D eigenvalue weighted by atomic mass is 10.0. The topological polar surface area (TPSA) is 70.8 Å². The molecule has 0 unspecified atom stereocenters. The van der Waals surface area contributed by atoms with Gasteiger partial charge < -0.3 is 0 Å². The second-order valence-electron chi connectivity index (χ2n) is 5.53. The zero-order chi connectivity index (χ0) is 15.0. The van der Waals surface area contributed by atoms with Gasteiger partial charge in [0.2, 0.25) is 0 Å². The van der Waals surface area contributed by atoms with Crippen molar-refractivity contribution in [2.75, 3.05) is 7.05 Å². The summed E-state index contributed by atoms with van der Waals surface area (Å²) in [4.78, 5) is 2.29. The van der Waals surface area contributed by atoms with Gasteiger partial charge in [0.05, 0.1) is 5.69 Å². The minimum atomic E-state index is 0.287. The van der Waals surface area contributed by atoms with E-state index in [-0.39, 0.29) is 6.04 Å². The lowest BCUT2D eigenvalue weighted by Gasteiger charge is -2.25. The first-order valence-electron chi connectivity index (χ1n) is 6.99. The zero-order valence-electron chi connectivity index (χ0n) is 12.7. The minimum Gasteiger partial charge on any atom is -0.295 e. The van der Waals surface area contributed by atoms with Crippen LogP contribution in [0.4, 0.5) is 0 Å². The first-order valence-corrected chi connectivity index (χ1v) is 6.99. The Kier molecular flexibility index (Phi) is 3.47. The number of fused-ring (bicyclic) bond motifs is 1. The predicted octanol–water partition coefficient (Wildman–Crippen LogP) is 2.76. The summed E-state index contributed by atoms with van der Waals surface area (Å²) < 4.78 is 4.74. The van der Waals surface area contributed by atoms with Crippen LogP contribution in [0.1, 0.15) is 35.5 Å². The van der Waals surface area contributed by atoms with E-state index in [1.165, 1.54) is 11.1 Å². The van der Waals surface area contributed by atoms with Crippen molar-refractivity contribution in [3.63, 3.8) is 0 Å². The van der Waals surface area contributed by atoms with Crippen molar-refractivity contribution in [2.24, 2.45) is 0 Å².